The minimum atomic E-state index is 0.0615. The van der Waals surface area contributed by atoms with E-state index in [0.717, 1.165) is 16.7 Å². The Bertz CT molecular complexity index is 509. The molecule has 0 spiro atoms. The van der Waals surface area contributed by atoms with Gasteiger partial charge in [0.1, 0.15) is 0 Å². The van der Waals surface area contributed by atoms with Gasteiger partial charge in [-0.2, -0.15) is 0 Å². The molecule has 0 radical (unpaired) electrons. The molecule has 1 aromatic rings. The summed E-state index contributed by atoms with van der Waals surface area (Å²) in [5.74, 6) is 5.84. The van der Waals surface area contributed by atoms with E-state index in [1.807, 2.05) is 50.8 Å². The second-order valence-electron chi connectivity index (χ2n) is 4.72. The molecule has 0 saturated heterocycles. The van der Waals surface area contributed by atoms with E-state index in [-0.39, 0.29) is 11.9 Å². The number of nitrogens with two attached hydrogens (primary N) is 1. The van der Waals surface area contributed by atoms with Gasteiger partial charge in [0.2, 0.25) is 0 Å². The van der Waals surface area contributed by atoms with Crippen molar-refractivity contribution in [1.29, 1.82) is 0 Å². The number of hydrogen-bond acceptors (Lipinski definition) is 2. The summed E-state index contributed by atoms with van der Waals surface area (Å²) in [5.41, 5.74) is 7.89. The summed E-state index contributed by atoms with van der Waals surface area (Å²) in [6.07, 6.45) is 0. The van der Waals surface area contributed by atoms with Gasteiger partial charge >= 0.3 is 0 Å². The number of carbonyl (C=O) groups is 1. The van der Waals surface area contributed by atoms with Crippen LogP contribution >= 0.6 is 0 Å². The molecule has 0 heterocycles. The van der Waals surface area contributed by atoms with Gasteiger partial charge in [-0.1, -0.05) is 17.9 Å². The Morgan fingerprint density at radius 1 is 1.42 bits per heavy atom. The van der Waals surface area contributed by atoms with Crippen molar-refractivity contribution in [3.8, 4) is 11.8 Å². The van der Waals surface area contributed by atoms with E-state index in [1.165, 1.54) is 0 Å². The standard InChI is InChI=1S/C16H22N2O/c1-5-18(12(2)3)16(19)15-11-14(7-6-10-17)9-8-13(15)4/h8-9,11-12H,5,10,17H2,1-4H3. The van der Waals surface area contributed by atoms with Gasteiger partial charge in [-0.25, -0.2) is 0 Å². The van der Waals surface area contributed by atoms with Crippen molar-refractivity contribution >= 4 is 5.91 Å². The van der Waals surface area contributed by atoms with Crippen LogP contribution in [0.3, 0.4) is 0 Å². The molecule has 0 fully saturated rings. The first-order valence-corrected chi connectivity index (χ1v) is 6.61. The van der Waals surface area contributed by atoms with Crippen LogP contribution in [0.1, 0.15) is 42.3 Å². The molecule has 1 aromatic carbocycles. The number of hydrogen-bond donors (Lipinski definition) is 1. The monoisotopic (exact) mass is 258 g/mol. The fourth-order valence-corrected chi connectivity index (χ4v) is 1.98. The van der Waals surface area contributed by atoms with Crippen molar-refractivity contribution in [1.82, 2.24) is 4.90 Å². The van der Waals surface area contributed by atoms with Crippen LogP contribution in [-0.4, -0.2) is 29.9 Å². The quantitative estimate of drug-likeness (QED) is 0.845. The van der Waals surface area contributed by atoms with E-state index in [1.54, 1.807) is 0 Å². The lowest BCUT2D eigenvalue weighted by Crippen LogP contribution is -2.37. The SMILES string of the molecule is CCN(C(=O)c1cc(C#CCN)ccc1C)C(C)C. The van der Waals surface area contributed by atoms with Gasteiger partial charge in [0.15, 0.2) is 0 Å². The lowest BCUT2D eigenvalue weighted by atomic mass is 10.0. The highest BCUT2D eigenvalue weighted by Crippen LogP contribution is 2.15. The first-order valence-electron chi connectivity index (χ1n) is 6.61. The molecule has 3 heteroatoms. The first kappa shape index (κ1) is 15.3. The number of amides is 1. The van der Waals surface area contributed by atoms with Crippen LogP contribution in [-0.2, 0) is 0 Å². The van der Waals surface area contributed by atoms with Crippen LogP contribution in [0.15, 0.2) is 18.2 Å². The molecule has 3 nitrogen and oxygen atoms in total. The average Bonchev–Trinajstić information content (AvgIpc) is 2.38. The van der Waals surface area contributed by atoms with Crippen LogP contribution in [0.5, 0.6) is 0 Å². The Morgan fingerprint density at radius 2 is 2.11 bits per heavy atom. The smallest absolute Gasteiger partial charge is 0.254 e. The van der Waals surface area contributed by atoms with Gasteiger partial charge in [0.25, 0.3) is 5.91 Å². The fraction of sp³-hybridized carbons (Fsp3) is 0.438. The number of aryl methyl sites for hydroxylation is 1. The lowest BCUT2D eigenvalue weighted by Gasteiger charge is -2.26. The number of rotatable bonds is 3. The van der Waals surface area contributed by atoms with Gasteiger partial charge in [-0.05, 0) is 45.4 Å². The third-order valence-corrected chi connectivity index (χ3v) is 3.03. The Labute approximate surface area is 115 Å². The topological polar surface area (TPSA) is 46.3 Å². The lowest BCUT2D eigenvalue weighted by molar-refractivity contribution is 0.0716. The summed E-state index contributed by atoms with van der Waals surface area (Å²) in [6, 6.07) is 5.89. The zero-order valence-corrected chi connectivity index (χ0v) is 12.2. The summed E-state index contributed by atoms with van der Waals surface area (Å²) >= 11 is 0. The van der Waals surface area contributed by atoms with E-state index in [2.05, 4.69) is 11.8 Å². The zero-order chi connectivity index (χ0) is 14.4. The average molecular weight is 258 g/mol. The van der Waals surface area contributed by atoms with Crippen molar-refractivity contribution in [3.05, 3.63) is 34.9 Å². The van der Waals surface area contributed by atoms with Crippen molar-refractivity contribution in [2.24, 2.45) is 5.73 Å². The molecular weight excluding hydrogens is 236 g/mol. The van der Waals surface area contributed by atoms with E-state index in [4.69, 9.17) is 5.73 Å². The predicted molar refractivity (Wildman–Crippen MR) is 79.0 cm³/mol. The molecule has 0 aliphatic rings. The molecule has 0 saturated carbocycles. The predicted octanol–water partition coefficient (Wildman–Crippen LogP) is 2.18. The summed E-state index contributed by atoms with van der Waals surface area (Å²) in [7, 11) is 0. The highest BCUT2D eigenvalue weighted by Gasteiger charge is 2.18. The largest absolute Gasteiger partial charge is 0.336 e. The zero-order valence-electron chi connectivity index (χ0n) is 12.2. The van der Waals surface area contributed by atoms with Gasteiger partial charge in [0.05, 0.1) is 6.54 Å². The minimum Gasteiger partial charge on any atom is -0.336 e. The summed E-state index contributed by atoms with van der Waals surface area (Å²) < 4.78 is 0. The molecule has 102 valence electrons. The molecule has 0 atom stereocenters. The fourth-order valence-electron chi connectivity index (χ4n) is 1.98. The second-order valence-corrected chi connectivity index (χ2v) is 4.72. The maximum Gasteiger partial charge on any atom is 0.254 e. The number of nitrogens with zero attached hydrogens (tertiary/aromatic N) is 1. The molecule has 1 amide bonds. The maximum absolute atomic E-state index is 12.5. The minimum absolute atomic E-state index is 0.0615. The summed E-state index contributed by atoms with van der Waals surface area (Å²) in [5, 5.41) is 0. The molecule has 1 rings (SSSR count). The van der Waals surface area contributed by atoms with Crippen LogP contribution in [0.25, 0.3) is 0 Å². The van der Waals surface area contributed by atoms with Gasteiger partial charge < -0.3 is 10.6 Å². The van der Waals surface area contributed by atoms with Crippen LogP contribution < -0.4 is 5.73 Å². The van der Waals surface area contributed by atoms with E-state index in [0.29, 0.717) is 13.1 Å². The highest BCUT2D eigenvalue weighted by molar-refractivity contribution is 5.96. The Morgan fingerprint density at radius 3 is 2.63 bits per heavy atom. The first-order chi connectivity index (χ1) is 9.01. The molecule has 0 aromatic heterocycles. The molecule has 19 heavy (non-hydrogen) atoms. The summed E-state index contributed by atoms with van der Waals surface area (Å²) in [4.78, 5) is 14.4. The van der Waals surface area contributed by atoms with Crippen molar-refractivity contribution < 1.29 is 4.79 Å². The van der Waals surface area contributed by atoms with Gasteiger partial charge in [-0.15, -0.1) is 0 Å². The van der Waals surface area contributed by atoms with Crippen LogP contribution in [0.4, 0.5) is 0 Å². The molecule has 2 N–H and O–H groups in total. The van der Waals surface area contributed by atoms with Crippen molar-refractivity contribution in [2.75, 3.05) is 13.1 Å². The van der Waals surface area contributed by atoms with Crippen molar-refractivity contribution in [3.63, 3.8) is 0 Å². The Hall–Kier alpha value is -1.79. The molecule has 0 unspecified atom stereocenters. The van der Waals surface area contributed by atoms with Crippen LogP contribution in [0, 0.1) is 18.8 Å². The normalized spacial score (nSPS) is 10.0. The Kier molecular flexibility index (Phi) is 5.59. The molecule has 0 aliphatic heterocycles. The van der Waals surface area contributed by atoms with Crippen LogP contribution in [0.2, 0.25) is 0 Å². The summed E-state index contributed by atoms with van der Waals surface area (Å²) in [6.45, 7) is 9.01. The van der Waals surface area contributed by atoms with Gasteiger partial charge in [0, 0.05) is 23.7 Å². The Balaban J connectivity index is 3.14. The second kappa shape index (κ2) is 6.96. The maximum atomic E-state index is 12.5. The molecule has 0 aliphatic carbocycles. The molecular formula is C16H22N2O. The third kappa shape index (κ3) is 3.84. The van der Waals surface area contributed by atoms with E-state index < -0.39 is 0 Å². The third-order valence-electron chi connectivity index (χ3n) is 3.03. The molecule has 0 bridgehead atoms. The van der Waals surface area contributed by atoms with E-state index in [9.17, 15) is 4.79 Å². The van der Waals surface area contributed by atoms with E-state index >= 15 is 0 Å². The van der Waals surface area contributed by atoms with Gasteiger partial charge in [-0.3, -0.25) is 4.79 Å². The number of carbonyl (C=O) groups excluding carboxylic acids is 1. The highest BCUT2D eigenvalue weighted by atomic mass is 16.2. The number of benzene rings is 1. The van der Waals surface area contributed by atoms with Crippen molar-refractivity contribution in [2.45, 2.75) is 33.7 Å².